The Labute approximate surface area is 144 Å². The van der Waals surface area contributed by atoms with E-state index in [0.717, 1.165) is 34.5 Å². The maximum Gasteiger partial charge on any atom is 0.259 e. The van der Waals surface area contributed by atoms with Crippen LogP contribution in [0.4, 0.5) is 0 Å². The zero-order valence-corrected chi connectivity index (χ0v) is 15.0. The first kappa shape index (κ1) is 17.1. The summed E-state index contributed by atoms with van der Waals surface area (Å²) in [6, 6.07) is 0.194. The lowest BCUT2D eigenvalue weighted by Gasteiger charge is -2.19. The number of aromatic nitrogens is 2. The number of H-pyrrole nitrogens is 1. The van der Waals surface area contributed by atoms with Gasteiger partial charge >= 0.3 is 0 Å². The number of aromatic amines is 1. The second-order valence-electron chi connectivity index (χ2n) is 6.58. The van der Waals surface area contributed by atoms with Crippen molar-refractivity contribution in [2.24, 2.45) is 11.7 Å². The second-order valence-corrected chi connectivity index (χ2v) is 7.78. The summed E-state index contributed by atoms with van der Waals surface area (Å²) in [6.07, 6.45) is 3.97. The van der Waals surface area contributed by atoms with Crippen LogP contribution in [0.3, 0.4) is 0 Å². The van der Waals surface area contributed by atoms with Gasteiger partial charge in [0.05, 0.1) is 5.39 Å². The summed E-state index contributed by atoms with van der Waals surface area (Å²) in [4.78, 5) is 33.6. The molecule has 2 aromatic rings. The highest BCUT2D eigenvalue weighted by Crippen LogP contribution is 2.26. The maximum atomic E-state index is 12.2. The van der Waals surface area contributed by atoms with Crippen molar-refractivity contribution in [3.63, 3.8) is 0 Å². The number of nitrogens with two attached hydrogens (primary N) is 1. The Morgan fingerprint density at radius 1 is 1.42 bits per heavy atom. The van der Waals surface area contributed by atoms with Gasteiger partial charge in [0.2, 0.25) is 5.91 Å². The van der Waals surface area contributed by atoms with E-state index < -0.39 is 0 Å². The van der Waals surface area contributed by atoms with Crippen molar-refractivity contribution in [1.82, 2.24) is 15.3 Å². The van der Waals surface area contributed by atoms with Gasteiger partial charge in [0.15, 0.2) is 0 Å². The first-order valence-electron chi connectivity index (χ1n) is 8.48. The van der Waals surface area contributed by atoms with Gasteiger partial charge in [-0.15, -0.1) is 11.3 Å². The van der Waals surface area contributed by atoms with Crippen LogP contribution in [0.1, 0.15) is 41.9 Å². The quantitative estimate of drug-likeness (QED) is 0.766. The third kappa shape index (κ3) is 3.37. The maximum absolute atomic E-state index is 12.2. The van der Waals surface area contributed by atoms with Gasteiger partial charge in [0, 0.05) is 23.8 Å². The van der Waals surface area contributed by atoms with Crippen LogP contribution in [0.25, 0.3) is 10.2 Å². The van der Waals surface area contributed by atoms with E-state index in [0.29, 0.717) is 36.5 Å². The van der Waals surface area contributed by atoms with E-state index in [1.807, 2.05) is 13.8 Å². The zero-order valence-electron chi connectivity index (χ0n) is 14.1. The number of carbonyl (C=O) groups is 1. The van der Waals surface area contributed by atoms with Crippen molar-refractivity contribution in [3.05, 3.63) is 26.6 Å². The summed E-state index contributed by atoms with van der Waals surface area (Å²) < 4.78 is 0. The number of rotatable bonds is 5. The van der Waals surface area contributed by atoms with E-state index in [-0.39, 0.29) is 17.5 Å². The molecular weight excluding hydrogens is 324 g/mol. The monoisotopic (exact) mass is 348 g/mol. The molecular formula is C17H24N4O2S. The van der Waals surface area contributed by atoms with Gasteiger partial charge < -0.3 is 16.0 Å². The van der Waals surface area contributed by atoms with Crippen LogP contribution in [-0.2, 0) is 11.2 Å². The number of fused-ring (bicyclic) bond motifs is 1. The Hall–Kier alpha value is -1.73. The largest absolute Gasteiger partial charge is 0.353 e. The van der Waals surface area contributed by atoms with Crippen LogP contribution >= 0.6 is 11.3 Å². The minimum Gasteiger partial charge on any atom is -0.353 e. The van der Waals surface area contributed by atoms with E-state index >= 15 is 0 Å². The second kappa shape index (κ2) is 7.03. The van der Waals surface area contributed by atoms with E-state index in [9.17, 15) is 9.59 Å². The molecule has 0 spiro atoms. The number of hydrogen-bond acceptors (Lipinski definition) is 5. The summed E-state index contributed by atoms with van der Waals surface area (Å²) in [5.41, 5.74) is 6.62. The zero-order chi connectivity index (χ0) is 17.3. The average Bonchev–Trinajstić information content (AvgIpc) is 3.10. The minimum atomic E-state index is -0.115. The van der Waals surface area contributed by atoms with Gasteiger partial charge in [0.25, 0.3) is 5.56 Å². The summed E-state index contributed by atoms with van der Waals surface area (Å²) in [5, 5.41) is 3.75. The van der Waals surface area contributed by atoms with Crippen molar-refractivity contribution in [1.29, 1.82) is 0 Å². The minimum absolute atomic E-state index is 0.00152. The topological polar surface area (TPSA) is 101 Å². The molecule has 130 valence electrons. The number of hydrogen-bond donors (Lipinski definition) is 3. The molecule has 1 aliphatic rings. The highest BCUT2D eigenvalue weighted by Gasteiger charge is 2.27. The molecule has 24 heavy (non-hydrogen) atoms. The molecule has 2 atom stereocenters. The SMILES string of the molecule is Cc1sc2nc(CCC(=O)NC3CCCC3CN)[nH]c(=O)c2c1C. The lowest BCUT2D eigenvalue weighted by Crippen LogP contribution is -2.40. The normalized spacial score (nSPS) is 20.6. The molecule has 1 saturated carbocycles. The fourth-order valence-corrected chi connectivity index (χ4v) is 4.49. The number of nitrogens with one attached hydrogen (secondary N) is 2. The predicted octanol–water partition coefficient (Wildman–Crippen LogP) is 1.78. The predicted molar refractivity (Wildman–Crippen MR) is 96.4 cm³/mol. The van der Waals surface area contributed by atoms with Crippen LogP contribution in [0.5, 0.6) is 0 Å². The molecule has 2 aromatic heterocycles. The van der Waals surface area contributed by atoms with Crippen LogP contribution in [0.2, 0.25) is 0 Å². The molecule has 2 heterocycles. The number of aryl methyl sites for hydroxylation is 3. The number of carbonyl (C=O) groups excluding carboxylic acids is 1. The van der Waals surface area contributed by atoms with Gasteiger partial charge in [-0.1, -0.05) is 6.42 Å². The summed E-state index contributed by atoms with van der Waals surface area (Å²) >= 11 is 1.53. The van der Waals surface area contributed by atoms with Gasteiger partial charge in [-0.3, -0.25) is 9.59 Å². The summed E-state index contributed by atoms with van der Waals surface area (Å²) in [7, 11) is 0. The number of thiophene rings is 1. The fourth-order valence-electron chi connectivity index (χ4n) is 3.44. The van der Waals surface area contributed by atoms with Gasteiger partial charge in [-0.2, -0.15) is 0 Å². The lowest BCUT2D eigenvalue weighted by atomic mass is 10.0. The molecule has 7 heteroatoms. The molecule has 4 N–H and O–H groups in total. The van der Waals surface area contributed by atoms with Crippen LogP contribution in [0, 0.1) is 19.8 Å². The van der Waals surface area contributed by atoms with Crippen LogP contribution in [0.15, 0.2) is 4.79 Å². The molecule has 0 aliphatic heterocycles. The van der Waals surface area contributed by atoms with Crippen molar-refractivity contribution >= 4 is 27.5 Å². The van der Waals surface area contributed by atoms with E-state index in [1.165, 1.54) is 11.3 Å². The lowest BCUT2D eigenvalue weighted by molar-refractivity contribution is -0.122. The molecule has 1 fully saturated rings. The molecule has 2 unspecified atom stereocenters. The molecule has 0 radical (unpaired) electrons. The number of nitrogens with zero attached hydrogens (tertiary/aromatic N) is 1. The molecule has 0 saturated heterocycles. The Morgan fingerprint density at radius 2 is 2.21 bits per heavy atom. The number of amides is 1. The smallest absolute Gasteiger partial charge is 0.259 e. The van der Waals surface area contributed by atoms with E-state index in [4.69, 9.17) is 5.73 Å². The highest BCUT2D eigenvalue weighted by atomic mass is 32.1. The molecule has 3 rings (SSSR count). The van der Waals surface area contributed by atoms with Crippen LogP contribution < -0.4 is 16.6 Å². The first-order chi connectivity index (χ1) is 11.5. The van der Waals surface area contributed by atoms with Gasteiger partial charge in [0.1, 0.15) is 10.7 Å². The third-order valence-electron chi connectivity index (χ3n) is 4.99. The highest BCUT2D eigenvalue weighted by molar-refractivity contribution is 7.18. The van der Waals surface area contributed by atoms with Gasteiger partial charge in [-0.25, -0.2) is 4.98 Å². The van der Waals surface area contributed by atoms with Crippen molar-refractivity contribution in [3.8, 4) is 0 Å². The Kier molecular flexibility index (Phi) is 5.01. The van der Waals surface area contributed by atoms with Crippen molar-refractivity contribution in [2.45, 2.75) is 52.0 Å². The molecule has 1 amide bonds. The molecule has 1 aliphatic carbocycles. The van der Waals surface area contributed by atoms with Crippen LogP contribution in [-0.4, -0.2) is 28.5 Å². The van der Waals surface area contributed by atoms with Crippen molar-refractivity contribution in [2.75, 3.05) is 6.54 Å². The first-order valence-corrected chi connectivity index (χ1v) is 9.29. The summed E-state index contributed by atoms with van der Waals surface area (Å²) in [6.45, 7) is 4.55. The van der Waals surface area contributed by atoms with E-state index in [2.05, 4.69) is 15.3 Å². The molecule has 6 nitrogen and oxygen atoms in total. The Morgan fingerprint density at radius 3 is 2.96 bits per heavy atom. The Bertz CT molecular complexity index is 811. The standard InChI is InChI=1S/C17H24N4O2S/c1-9-10(2)24-17-15(9)16(23)20-13(21-17)6-7-14(22)19-12-5-3-4-11(12)8-18/h11-12H,3-8,18H2,1-2H3,(H,19,22)(H,20,21,23). The van der Waals surface area contributed by atoms with Gasteiger partial charge in [-0.05, 0) is 44.7 Å². The molecule has 0 bridgehead atoms. The summed E-state index contributed by atoms with van der Waals surface area (Å²) in [5.74, 6) is 0.965. The third-order valence-corrected chi connectivity index (χ3v) is 6.09. The van der Waals surface area contributed by atoms with Crippen molar-refractivity contribution < 1.29 is 4.79 Å². The van der Waals surface area contributed by atoms with E-state index in [1.54, 1.807) is 0 Å². The fraction of sp³-hybridized carbons (Fsp3) is 0.588. The average molecular weight is 348 g/mol. The molecule has 0 aromatic carbocycles. The Balaban J connectivity index is 1.65.